The summed E-state index contributed by atoms with van der Waals surface area (Å²) in [7, 11) is -0.517. The van der Waals surface area contributed by atoms with Crippen molar-refractivity contribution in [1.82, 2.24) is 0 Å². The Morgan fingerprint density at radius 3 is 1.13 bits per heavy atom. The first-order valence-corrected chi connectivity index (χ1v) is 12.5. The largest absolute Gasteiger partial charge is 0.108 e. The zero-order valence-corrected chi connectivity index (χ0v) is 18.4. The highest BCUT2D eigenvalue weighted by atomic mass is 28.2. The predicted octanol–water partition coefficient (Wildman–Crippen LogP) is 6.71. The monoisotopic (exact) mass is 400 g/mol. The lowest BCUT2D eigenvalue weighted by Crippen LogP contribution is -2.20. The van der Waals surface area contributed by atoms with Crippen molar-refractivity contribution in [3.63, 3.8) is 0 Å². The lowest BCUT2D eigenvalue weighted by Gasteiger charge is -2.31. The topological polar surface area (TPSA) is 0 Å². The summed E-state index contributed by atoms with van der Waals surface area (Å²) < 4.78 is 0. The van der Waals surface area contributed by atoms with Gasteiger partial charge in [0, 0.05) is 21.4 Å². The van der Waals surface area contributed by atoms with E-state index in [4.69, 9.17) is 0 Å². The third kappa shape index (κ3) is 2.45. The fraction of sp³-hybridized carbons (Fsp3) is 0.103. The van der Waals surface area contributed by atoms with Crippen LogP contribution in [0.25, 0.3) is 22.3 Å². The Balaban J connectivity index is 1.59. The van der Waals surface area contributed by atoms with E-state index in [1.54, 1.807) is 0 Å². The van der Waals surface area contributed by atoms with E-state index in [9.17, 15) is 0 Å². The summed E-state index contributed by atoms with van der Waals surface area (Å²) in [5, 5.41) is 0. The Bertz CT molecular complexity index is 1080. The SMILES string of the molecule is C=C[SiH2]C(C1c2ccccc2-c2ccccc21)C1c2ccccc2-c2ccccc21. The van der Waals surface area contributed by atoms with Gasteiger partial charge in [-0.2, -0.15) is 0 Å². The van der Waals surface area contributed by atoms with Crippen molar-refractivity contribution in [3.05, 3.63) is 132 Å². The van der Waals surface area contributed by atoms with E-state index < -0.39 is 9.52 Å². The minimum atomic E-state index is -0.517. The van der Waals surface area contributed by atoms with E-state index in [1.165, 1.54) is 44.5 Å². The molecule has 0 saturated heterocycles. The Morgan fingerprint density at radius 1 is 0.533 bits per heavy atom. The molecule has 2 aliphatic rings. The van der Waals surface area contributed by atoms with Crippen LogP contribution in [0, 0.1) is 0 Å². The van der Waals surface area contributed by atoms with Crippen LogP contribution in [-0.2, 0) is 0 Å². The van der Waals surface area contributed by atoms with Gasteiger partial charge in [-0.1, -0.05) is 97.1 Å². The second kappa shape index (κ2) is 6.96. The van der Waals surface area contributed by atoms with Crippen molar-refractivity contribution in [2.45, 2.75) is 17.4 Å². The third-order valence-corrected chi connectivity index (χ3v) is 8.88. The molecular formula is C29H24Si. The minimum Gasteiger partial charge on any atom is -0.108 e. The molecule has 30 heavy (non-hydrogen) atoms. The lowest BCUT2D eigenvalue weighted by molar-refractivity contribution is 0.657. The van der Waals surface area contributed by atoms with Crippen LogP contribution in [0.2, 0.25) is 5.54 Å². The molecule has 4 aromatic carbocycles. The second-order valence-electron chi connectivity index (χ2n) is 8.49. The van der Waals surface area contributed by atoms with Crippen LogP contribution in [0.4, 0.5) is 0 Å². The van der Waals surface area contributed by atoms with Gasteiger partial charge >= 0.3 is 0 Å². The molecule has 0 aromatic heterocycles. The van der Waals surface area contributed by atoms with E-state index in [1.807, 2.05) is 0 Å². The normalized spacial score (nSPS) is 14.7. The van der Waals surface area contributed by atoms with Gasteiger partial charge in [-0.05, 0) is 50.0 Å². The Labute approximate surface area is 180 Å². The van der Waals surface area contributed by atoms with Crippen LogP contribution in [-0.4, -0.2) is 9.52 Å². The van der Waals surface area contributed by atoms with Crippen molar-refractivity contribution in [2.75, 3.05) is 0 Å². The van der Waals surface area contributed by atoms with Crippen LogP contribution in [0.1, 0.15) is 34.1 Å². The number of rotatable bonds is 4. The van der Waals surface area contributed by atoms with Gasteiger partial charge in [-0.3, -0.25) is 0 Å². The number of fused-ring (bicyclic) bond motifs is 6. The summed E-state index contributed by atoms with van der Waals surface area (Å²) in [6.07, 6.45) is 0. The molecule has 4 aromatic rings. The van der Waals surface area contributed by atoms with Crippen molar-refractivity contribution in [1.29, 1.82) is 0 Å². The average molecular weight is 401 g/mol. The fourth-order valence-corrected chi connectivity index (χ4v) is 7.91. The van der Waals surface area contributed by atoms with Crippen LogP contribution in [0.5, 0.6) is 0 Å². The van der Waals surface area contributed by atoms with Gasteiger partial charge in [0.05, 0.1) is 0 Å². The van der Waals surface area contributed by atoms with Gasteiger partial charge in [0.1, 0.15) is 0 Å². The smallest absolute Gasteiger partial charge is 0.0498 e. The summed E-state index contributed by atoms with van der Waals surface area (Å²) in [6, 6.07) is 36.2. The first kappa shape index (κ1) is 17.7. The Morgan fingerprint density at radius 2 is 0.833 bits per heavy atom. The van der Waals surface area contributed by atoms with E-state index >= 15 is 0 Å². The van der Waals surface area contributed by atoms with Crippen LogP contribution in [0.15, 0.2) is 109 Å². The van der Waals surface area contributed by atoms with Crippen LogP contribution < -0.4 is 0 Å². The summed E-state index contributed by atoms with van der Waals surface area (Å²) in [5.41, 5.74) is 14.5. The van der Waals surface area contributed by atoms with Gasteiger partial charge in [-0.25, -0.2) is 0 Å². The van der Waals surface area contributed by atoms with E-state index in [2.05, 4.69) is 109 Å². The highest BCUT2D eigenvalue weighted by Gasteiger charge is 2.42. The first-order chi connectivity index (χ1) is 14.9. The molecule has 2 aliphatic carbocycles. The molecule has 0 aliphatic heterocycles. The van der Waals surface area contributed by atoms with Crippen LogP contribution >= 0.6 is 0 Å². The molecule has 0 heterocycles. The quantitative estimate of drug-likeness (QED) is 0.334. The number of hydrogen-bond acceptors (Lipinski definition) is 0. The maximum atomic E-state index is 4.23. The van der Waals surface area contributed by atoms with Gasteiger partial charge in [0.25, 0.3) is 0 Å². The van der Waals surface area contributed by atoms with E-state index in [0.717, 1.165) is 0 Å². The molecule has 6 rings (SSSR count). The molecule has 144 valence electrons. The molecule has 0 spiro atoms. The molecule has 0 nitrogen and oxygen atoms in total. The molecule has 0 fully saturated rings. The van der Waals surface area contributed by atoms with E-state index in [0.29, 0.717) is 17.4 Å². The molecule has 0 unspecified atom stereocenters. The van der Waals surface area contributed by atoms with Crippen molar-refractivity contribution in [3.8, 4) is 22.3 Å². The van der Waals surface area contributed by atoms with Crippen molar-refractivity contribution < 1.29 is 0 Å². The molecule has 0 atom stereocenters. The van der Waals surface area contributed by atoms with Gasteiger partial charge < -0.3 is 0 Å². The zero-order chi connectivity index (χ0) is 20.1. The van der Waals surface area contributed by atoms with E-state index in [-0.39, 0.29) is 0 Å². The fourth-order valence-electron chi connectivity index (χ4n) is 5.97. The molecule has 0 saturated carbocycles. The summed E-state index contributed by atoms with van der Waals surface area (Å²) in [5.74, 6) is 0.873. The zero-order valence-electron chi connectivity index (χ0n) is 17.0. The summed E-state index contributed by atoms with van der Waals surface area (Å²) >= 11 is 0. The number of hydrogen-bond donors (Lipinski definition) is 0. The first-order valence-electron chi connectivity index (χ1n) is 10.9. The molecule has 0 radical (unpaired) electrons. The summed E-state index contributed by atoms with van der Waals surface area (Å²) in [6.45, 7) is 4.23. The molecule has 0 bridgehead atoms. The third-order valence-electron chi connectivity index (χ3n) is 7.06. The second-order valence-corrected chi connectivity index (χ2v) is 10.5. The average Bonchev–Trinajstić information content (AvgIpc) is 3.31. The maximum Gasteiger partial charge on any atom is 0.0498 e. The van der Waals surface area contributed by atoms with Gasteiger partial charge in [-0.15, -0.1) is 12.3 Å². The Hall–Kier alpha value is -3.16. The maximum absolute atomic E-state index is 4.23. The Kier molecular flexibility index (Phi) is 4.10. The standard InChI is InChI=1S/C29H24Si/c1-2-30-29(27-23-15-7-3-11-19(23)20-12-4-8-16-24(20)27)28-25-17-9-5-13-21(25)22-14-6-10-18-26(22)28/h2-18,27-29H,1,30H2. The highest BCUT2D eigenvalue weighted by molar-refractivity contribution is 6.44. The van der Waals surface area contributed by atoms with Crippen molar-refractivity contribution >= 4 is 9.52 Å². The van der Waals surface area contributed by atoms with Gasteiger partial charge in [0.15, 0.2) is 0 Å². The molecule has 0 N–H and O–H groups in total. The van der Waals surface area contributed by atoms with Crippen LogP contribution in [0.3, 0.4) is 0 Å². The molecule has 1 heteroatoms. The number of benzene rings is 4. The van der Waals surface area contributed by atoms with Gasteiger partial charge in [0.2, 0.25) is 0 Å². The summed E-state index contributed by atoms with van der Waals surface area (Å²) in [4.78, 5) is 0. The minimum absolute atomic E-state index is 0.436. The van der Waals surface area contributed by atoms with Crippen molar-refractivity contribution in [2.24, 2.45) is 0 Å². The molecular weight excluding hydrogens is 376 g/mol. The predicted molar refractivity (Wildman–Crippen MR) is 130 cm³/mol. The molecule has 0 amide bonds. The lowest BCUT2D eigenvalue weighted by atomic mass is 9.82. The highest BCUT2D eigenvalue weighted by Crippen LogP contribution is 2.58.